The quantitative estimate of drug-likeness (QED) is 0.419. The molecule has 1 aromatic heterocycles. The van der Waals surface area contributed by atoms with Gasteiger partial charge in [-0.2, -0.15) is 0 Å². The van der Waals surface area contributed by atoms with Crippen LogP contribution in [0.15, 0.2) is 42.5 Å². The lowest BCUT2D eigenvalue weighted by molar-refractivity contribution is -0.150. The molecule has 0 bridgehead atoms. The van der Waals surface area contributed by atoms with Gasteiger partial charge in [0.05, 0.1) is 26.1 Å². The second-order valence-electron chi connectivity index (χ2n) is 6.91. The predicted octanol–water partition coefficient (Wildman–Crippen LogP) is 1.93. The normalized spacial score (nSPS) is 15.1. The lowest BCUT2D eigenvalue weighted by Gasteiger charge is -2.08. The fourth-order valence-electron chi connectivity index (χ4n) is 2.84. The monoisotopic (exact) mass is 411 g/mol. The number of epoxide rings is 1. The van der Waals surface area contributed by atoms with E-state index in [0.717, 1.165) is 16.6 Å². The summed E-state index contributed by atoms with van der Waals surface area (Å²) in [7, 11) is 0. The molecule has 1 saturated heterocycles. The lowest BCUT2D eigenvalue weighted by Crippen LogP contribution is -2.13. The van der Waals surface area contributed by atoms with Crippen molar-refractivity contribution in [1.82, 2.24) is 15.0 Å². The molecule has 1 fully saturated rings. The van der Waals surface area contributed by atoms with Crippen LogP contribution in [0.2, 0.25) is 0 Å². The topological polar surface area (TPSA) is 116 Å². The molecule has 9 nitrogen and oxygen atoms in total. The van der Waals surface area contributed by atoms with Crippen molar-refractivity contribution in [3.63, 3.8) is 0 Å². The Labute approximate surface area is 172 Å². The Hall–Kier alpha value is -3.46. The Morgan fingerprint density at radius 1 is 1.07 bits per heavy atom. The van der Waals surface area contributed by atoms with E-state index in [4.69, 9.17) is 14.2 Å². The van der Waals surface area contributed by atoms with Gasteiger partial charge in [0.2, 0.25) is 0 Å². The molecule has 30 heavy (non-hydrogen) atoms. The van der Waals surface area contributed by atoms with E-state index in [2.05, 4.69) is 10.2 Å². The summed E-state index contributed by atoms with van der Waals surface area (Å²) in [6.07, 6.45) is 0.378. The summed E-state index contributed by atoms with van der Waals surface area (Å²) < 4.78 is 15.0. The van der Waals surface area contributed by atoms with Crippen molar-refractivity contribution in [2.45, 2.75) is 25.4 Å². The number of benzene rings is 2. The molecule has 156 valence electrons. The maximum Gasteiger partial charge on any atom is 0.306 e. The van der Waals surface area contributed by atoms with Gasteiger partial charge in [0.15, 0.2) is 0 Å². The molecule has 0 aliphatic carbocycles. The standard InChI is InChI=1S/C21H21N3O6/c25-19-11-14(5-6-18(19)24-22-16-3-1-2-4-17(16)23-24)9-10-28-20(26)7-8-21(27)30-13-15-12-29-15/h1-6,11,15,25H,7-10,12-13H2. The van der Waals surface area contributed by atoms with Crippen molar-refractivity contribution in [1.29, 1.82) is 0 Å². The van der Waals surface area contributed by atoms with Crippen molar-refractivity contribution < 1.29 is 28.9 Å². The zero-order chi connectivity index (χ0) is 20.9. The summed E-state index contributed by atoms with van der Waals surface area (Å²) in [5.41, 5.74) is 2.72. The molecule has 3 aromatic rings. The van der Waals surface area contributed by atoms with E-state index >= 15 is 0 Å². The van der Waals surface area contributed by atoms with E-state index in [9.17, 15) is 14.7 Å². The first-order valence-corrected chi connectivity index (χ1v) is 9.66. The molecule has 0 spiro atoms. The van der Waals surface area contributed by atoms with Crippen molar-refractivity contribution >= 4 is 23.0 Å². The molecule has 2 aromatic carbocycles. The number of ether oxygens (including phenoxy) is 3. The number of nitrogens with zero attached hydrogens (tertiary/aromatic N) is 3. The van der Waals surface area contributed by atoms with Crippen LogP contribution in [0, 0.1) is 0 Å². The van der Waals surface area contributed by atoms with Gasteiger partial charge >= 0.3 is 11.9 Å². The van der Waals surface area contributed by atoms with Crippen LogP contribution in [0.25, 0.3) is 16.7 Å². The zero-order valence-corrected chi connectivity index (χ0v) is 16.2. The maximum atomic E-state index is 11.8. The Morgan fingerprint density at radius 2 is 1.73 bits per heavy atom. The van der Waals surface area contributed by atoms with E-state index in [0.29, 0.717) is 18.7 Å². The van der Waals surface area contributed by atoms with E-state index in [1.54, 1.807) is 12.1 Å². The van der Waals surface area contributed by atoms with Gasteiger partial charge in [-0.25, -0.2) is 0 Å². The van der Waals surface area contributed by atoms with Crippen LogP contribution in [0.1, 0.15) is 18.4 Å². The molecule has 2 heterocycles. The number of rotatable bonds is 9. The fraction of sp³-hybridized carbons (Fsp3) is 0.333. The first kappa shape index (κ1) is 19.8. The van der Waals surface area contributed by atoms with Gasteiger partial charge in [0.25, 0.3) is 0 Å². The number of aromatic hydroxyl groups is 1. The van der Waals surface area contributed by atoms with Crippen molar-refractivity contribution in [2.24, 2.45) is 0 Å². The second kappa shape index (κ2) is 8.91. The largest absolute Gasteiger partial charge is 0.506 e. The lowest BCUT2D eigenvalue weighted by atomic mass is 10.1. The third kappa shape index (κ3) is 5.12. The van der Waals surface area contributed by atoms with Crippen molar-refractivity contribution in [2.75, 3.05) is 19.8 Å². The third-order valence-corrected chi connectivity index (χ3v) is 4.56. The highest BCUT2D eigenvalue weighted by Gasteiger charge is 2.24. The molecule has 1 atom stereocenters. The molecule has 0 radical (unpaired) electrons. The minimum absolute atomic E-state index is 0.00633. The first-order valence-electron chi connectivity index (χ1n) is 9.66. The third-order valence-electron chi connectivity index (χ3n) is 4.56. The fourth-order valence-corrected chi connectivity index (χ4v) is 2.84. The molecule has 4 rings (SSSR count). The van der Waals surface area contributed by atoms with Crippen LogP contribution in [-0.4, -0.2) is 58.0 Å². The molecule has 9 heteroatoms. The van der Waals surface area contributed by atoms with Gasteiger partial charge in [0, 0.05) is 6.42 Å². The van der Waals surface area contributed by atoms with Gasteiger partial charge < -0.3 is 19.3 Å². The van der Waals surface area contributed by atoms with Crippen molar-refractivity contribution in [3.8, 4) is 11.4 Å². The average molecular weight is 411 g/mol. The van der Waals surface area contributed by atoms with Gasteiger partial charge in [-0.1, -0.05) is 18.2 Å². The van der Waals surface area contributed by atoms with Crippen LogP contribution in [0.3, 0.4) is 0 Å². The Balaban J connectivity index is 1.24. The van der Waals surface area contributed by atoms with Gasteiger partial charge in [0.1, 0.15) is 35.2 Å². The Bertz CT molecular complexity index is 1030. The van der Waals surface area contributed by atoms with Gasteiger partial charge in [-0.05, 0) is 29.8 Å². The molecular weight excluding hydrogens is 390 g/mol. The second-order valence-corrected chi connectivity index (χ2v) is 6.91. The predicted molar refractivity (Wildman–Crippen MR) is 105 cm³/mol. The summed E-state index contributed by atoms with van der Waals surface area (Å²) in [5.74, 6) is -0.882. The number of aromatic nitrogens is 3. The number of phenolic OH excluding ortho intramolecular Hbond substituents is 1. The smallest absolute Gasteiger partial charge is 0.306 e. The minimum Gasteiger partial charge on any atom is -0.506 e. The summed E-state index contributed by atoms with van der Waals surface area (Å²) in [4.78, 5) is 24.6. The highest BCUT2D eigenvalue weighted by atomic mass is 16.6. The van der Waals surface area contributed by atoms with Crippen LogP contribution in [-0.2, 0) is 30.2 Å². The first-order chi connectivity index (χ1) is 14.6. The number of fused-ring (bicyclic) bond motifs is 1. The summed E-state index contributed by atoms with van der Waals surface area (Å²) in [6, 6.07) is 12.6. The highest BCUT2D eigenvalue weighted by molar-refractivity contribution is 5.77. The van der Waals surface area contributed by atoms with E-state index in [1.165, 1.54) is 4.80 Å². The van der Waals surface area contributed by atoms with Crippen LogP contribution in [0.5, 0.6) is 5.75 Å². The number of hydrogen-bond acceptors (Lipinski definition) is 8. The highest BCUT2D eigenvalue weighted by Crippen LogP contribution is 2.23. The van der Waals surface area contributed by atoms with E-state index in [-0.39, 0.29) is 37.9 Å². The van der Waals surface area contributed by atoms with Crippen LogP contribution >= 0.6 is 0 Å². The van der Waals surface area contributed by atoms with E-state index in [1.807, 2.05) is 30.3 Å². The summed E-state index contributed by atoms with van der Waals surface area (Å²) >= 11 is 0. The zero-order valence-electron chi connectivity index (χ0n) is 16.2. The summed E-state index contributed by atoms with van der Waals surface area (Å²) in [6.45, 7) is 0.991. The molecule has 1 aliphatic heterocycles. The number of carbonyl (C=O) groups excluding carboxylic acids is 2. The SMILES string of the molecule is O=C(CCC(=O)OCC1CO1)OCCc1ccc(-n2nc3ccccc3n2)c(O)c1. The number of carbonyl (C=O) groups is 2. The molecule has 0 amide bonds. The van der Waals surface area contributed by atoms with Crippen LogP contribution < -0.4 is 0 Å². The molecule has 1 N–H and O–H groups in total. The van der Waals surface area contributed by atoms with Crippen LogP contribution in [0.4, 0.5) is 0 Å². The Kier molecular flexibility index (Phi) is 5.89. The van der Waals surface area contributed by atoms with Gasteiger partial charge in [-0.15, -0.1) is 15.0 Å². The molecule has 0 saturated carbocycles. The average Bonchev–Trinajstić information content (AvgIpc) is 3.47. The maximum absolute atomic E-state index is 11.8. The van der Waals surface area contributed by atoms with Crippen molar-refractivity contribution in [3.05, 3.63) is 48.0 Å². The molecule has 1 aliphatic rings. The summed E-state index contributed by atoms with van der Waals surface area (Å²) in [5, 5.41) is 19.1. The molecule has 1 unspecified atom stereocenters. The Morgan fingerprint density at radius 3 is 2.37 bits per heavy atom. The van der Waals surface area contributed by atoms with Gasteiger partial charge in [-0.3, -0.25) is 9.59 Å². The number of phenols is 1. The van der Waals surface area contributed by atoms with E-state index < -0.39 is 11.9 Å². The minimum atomic E-state index is -0.470. The molecular formula is C21H21N3O6. The number of esters is 2. The number of hydrogen-bond donors (Lipinski definition) is 1.